The van der Waals surface area contributed by atoms with Crippen molar-refractivity contribution in [2.75, 3.05) is 36.6 Å². The summed E-state index contributed by atoms with van der Waals surface area (Å²) in [4.78, 5) is 23.9. The van der Waals surface area contributed by atoms with Gasteiger partial charge in [-0.2, -0.15) is 4.98 Å². The maximum Gasteiger partial charge on any atom is 0.319 e. The molecule has 2 aromatic rings. The van der Waals surface area contributed by atoms with Crippen LogP contribution < -0.4 is 20.3 Å². The second kappa shape index (κ2) is 8.10. The smallest absolute Gasteiger partial charge is 0.319 e. The van der Waals surface area contributed by atoms with Gasteiger partial charge in [0.05, 0.1) is 37.5 Å². The fourth-order valence-corrected chi connectivity index (χ4v) is 4.56. The van der Waals surface area contributed by atoms with E-state index >= 15 is 0 Å². The molecule has 0 spiro atoms. The molecule has 4 heterocycles. The number of fused-ring (bicyclic) bond motifs is 3. The largest absolute Gasteiger partial charge is 0.477 e. The normalized spacial score (nSPS) is 22.2. The Bertz CT molecular complexity index is 917. The van der Waals surface area contributed by atoms with Crippen LogP contribution in [0.15, 0.2) is 24.3 Å². The lowest BCUT2D eigenvalue weighted by molar-refractivity contribution is 0.0900. The summed E-state index contributed by atoms with van der Waals surface area (Å²) in [5.74, 6) is 2.37. The van der Waals surface area contributed by atoms with Crippen LogP contribution in [0.2, 0.25) is 0 Å². The third-order valence-corrected chi connectivity index (χ3v) is 5.98. The van der Waals surface area contributed by atoms with Crippen LogP contribution in [-0.4, -0.2) is 54.4 Å². The Kier molecular flexibility index (Phi) is 5.16. The Morgan fingerprint density at radius 3 is 2.67 bits per heavy atom. The first-order valence-electron chi connectivity index (χ1n) is 10.8. The molecule has 3 aliphatic rings. The highest BCUT2D eigenvalue weighted by molar-refractivity contribution is 5.89. The second-order valence-electron chi connectivity index (χ2n) is 8.00. The number of aromatic nitrogens is 2. The summed E-state index contributed by atoms with van der Waals surface area (Å²) in [6.45, 7) is 4.67. The van der Waals surface area contributed by atoms with Gasteiger partial charge in [-0.1, -0.05) is 0 Å². The lowest BCUT2D eigenvalue weighted by Gasteiger charge is -2.37. The number of urea groups is 1. The number of benzene rings is 1. The number of ether oxygens (including phenoxy) is 2. The van der Waals surface area contributed by atoms with Gasteiger partial charge in [0.15, 0.2) is 5.82 Å². The van der Waals surface area contributed by atoms with Gasteiger partial charge in [-0.05, 0) is 56.9 Å². The maximum absolute atomic E-state index is 11.7. The van der Waals surface area contributed by atoms with E-state index in [2.05, 4.69) is 15.5 Å². The summed E-state index contributed by atoms with van der Waals surface area (Å²) in [7, 11) is 0. The van der Waals surface area contributed by atoms with E-state index in [0.717, 1.165) is 61.5 Å². The molecule has 2 saturated heterocycles. The highest BCUT2D eigenvalue weighted by Crippen LogP contribution is 2.40. The van der Waals surface area contributed by atoms with Crippen LogP contribution >= 0.6 is 0 Å². The molecule has 8 nitrogen and oxygen atoms in total. The molecular weight excluding hydrogens is 382 g/mol. The monoisotopic (exact) mass is 409 g/mol. The molecule has 1 aromatic carbocycles. The Morgan fingerprint density at radius 1 is 1.17 bits per heavy atom. The molecular formula is C22H27N5O3. The Balaban J connectivity index is 1.48. The summed E-state index contributed by atoms with van der Waals surface area (Å²) in [5, 5.41) is 5.54. The molecule has 1 aromatic heterocycles. The van der Waals surface area contributed by atoms with E-state index in [1.807, 2.05) is 31.2 Å². The van der Waals surface area contributed by atoms with Crippen molar-refractivity contribution in [1.29, 1.82) is 0 Å². The zero-order valence-corrected chi connectivity index (χ0v) is 17.2. The first-order valence-corrected chi connectivity index (χ1v) is 10.8. The van der Waals surface area contributed by atoms with Crippen molar-refractivity contribution >= 4 is 17.5 Å². The SMILES string of the molecule is CCNC(=O)Nc1ccc(-c2nc3c(c(N4C5CCC4COC5)n2)CCCO3)cc1. The lowest BCUT2D eigenvalue weighted by atomic mass is 10.1. The molecule has 2 unspecified atom stereocenters. The van der Waals surface area contributed by atoms with Gasteiger partial charge in [-0.15, -0.1) is 0 Å². The third kappa shape index (κ3) is 3.56. The van der Waals surface area contributed by atoms with Gasteiger partial charge in [-0.25, -0.2) is 9.78 Å². The Labute approximate surface area is 176 Å². The Hall–Kier alpha value is -2.87. The van der Waals surface area contributed by atoms with Gasteiger partial charge in [-0.3, -0.25) is 0 Å². The first kappa shape index (κ1) is 19.1. The van der Waals surface area contributed by atoms with Crippen LogP contribution in [0.3, 0.4) is 0 Å². The summed E-state index contributed by atoms with van der Waals surface area (Å²) in [6.07, 6.45) is 4.21. The average molecular weight is 409 g/mol. The van der Waals surface area contributed by atoms with Crippen molar-refractivity contribution < 1.29 is 14.3 Å². The quantitative estimate of drug-likeness (QED) is 0.807. The molecule has 2 fully saturated rings. The van der Waals surface area contributed by atoms with Crippen LogP contribution in [0, 0.1) is 0 Å². The number of nitrogens with zero attached hydrogens (tertiary/aromatic N) is 3. The number of carbonyl (C=O) groups excluding carboxylic acids is 1. The molecule has 30 heavy (non-hydrogen) atoms. The minimum atomic E-state index is -0.214. The lowest BCUT2D eigenvalue weighted by Crippen LogP contribution is -2.47. The van der Waals surface area contributed by atoms with Crippen LogP contribution in [0.5, 0.6) is 5.88 Å². The number of amides is 2. The van der Waals surface area contributed by atoms with Gasteiger partial charge in [0.25, 0.3) is 0 Å². The fraction of sp³-hybridized carbons (Fsp3) is 0.500. The minimum absolute atomic E-state index is 0.214. The zero-order valence-electron chi connectivity index (χ0n) is 17.2. The summed E-state index contributed by atoms with van der Waals surface area (Å²) >= 11 is 0. The summed E-state index contributed by atoms with van der Waals surface area (Å²) < 4.78 is 11.7. The Morgan fingerprint density at radius 2 is 1.93 bits per heavy atom. The van der Waals surface area contributed by atoms with Gasteiger partial charge >= 0.3 is 6.03 Å². The number of rotatable bonds is 4. The summed E-state index contributed by atoms with van der Waals surface area (Å²) in [5.41, 5.74) is 2.75. The standard InChI is InChI=1S/C22H27N5O3/c1-2-23-22(28)24-15-7-5-14(6-8-15)19-25-20(18-4-3-11-30-21(18)26-19)27-16-9-10-17(27)13-29-12-16/h5-8,16-17H,2-4,9-13H2,1H3,(H2,23,24,28). The molecule has 2 atom stereocenters. The van der Waals surface area contributed by atoms with E-state index < -0.39 is 0 Å². The molecule has 0 aliphatic carbocycles. The maximum atomic E-state index is 11.7. The summed E-state index contributed by atoms with van der Waals surface area (Å²) in [6, 6.07) is 8.14. The highest BCUT2D eigenvalue weighted by Gasteiger charge is 2.40. The van der Waals surface area contributed by atoms with Crippen molar-refractivity contribution in [3.8, 4) is 17.3 Å². The van der Waals surface area contributed by atoms with E-state index in [1.54, 1.807) is 0 Å². The number of anilines is 2. The second-order valence-corrected chi connectivity index (χ2v) is 8.00. The zero-order chi connectivity index (χ0) is 20.5. The van der Waals surface area contributed by atoms with Gasteiger partial charge in [0.1, 0.15) is 5.82 Å². The van der Waals surface area contributed by atoms with E-state index in [1.165, 1.54) is 0 Å². The first-order chi connectivity index (χ1) is 14.7. The third-order valence-electron chi connectivity index (χ3n) is 5.98. The van der Waals surface area contributed by atoms with Crippen molar-refractivity contribution in [3.63, 3.8) is 0 Å². The van der Waals surface area contributed by atoms with Crippen LogP contribution in [0.1, 0.15) is 31.7 Å². The van der Waals surface area contributed by atoms with Gasteiger partial charge in [0.2, 0.25) is 5.88 Å². The van der Waals surface area contributed by atoms with Crippen molar-refractivity contribution in [2.24, 2.45) is 0 Å². The number of hydrogen-bond acceptors (Lipinski definition) is 6. The highest BCUT2D eigenvalue weighted by atomic mass is 16.5. The molecule has 8 heteroatoms. The van der Waals surface area contributed by atoms with Crippen molar-refractivity contribution in [2.45, 2.75) is 44.7 Å². The van der Waals surface area contributed by atoms with E-state index in [4.69, 9.17) is 19.4 Å². The molecule has 0 saturated carbocycles. The fourth-order valence-electron chi connectivity index (χ4n) is 4.56. The van der Waals surface area contributed by atoms with Crippen LogP contribution in [-0.2, 0) is 11.2 Å². The average Bonchev–Trinajstić information content (AvgIpc) is 3.01. The number of hydrogen-bond donors (Lipinski definition) is 2. The number of morpholine rings is 1. The topological polar surface area (TPSA) is 88.6 Å². The van der Waals surface area contributed by atoms with Crippen molar-refractivity contribution in [3.05, 3.63) is 29.8 Å². The molecule has 2 N–H and O–H groups in total. The van der Waals surface area contributed by atoms with E-state index in [-0.39, 0.29) is 6.03 Å². The predicted molar refractivity (Wildman–Crippen MR) is 114 cm³/mol. The van der Waals surface area contributed by atoms with Gasteiger partial charge < -0.3 is 25.0 Å². The minimum Gasteiger partial charge on any atom is -0.477 e. The predicted octanol–water partition coefficient (Wildman–Crippen LogP) is 2.98. The van der Waals surface area contributed by atoms with E-state index in [0.29, 0.717) is 36.9 Å². The molecule has 5 rings (SSSR count). The van der Waals surface area contributed by atoms with E-state index in [9.17, 15) is 4.79 Å². The number of carbonyl (C=O) groups is 1. The molecule has 158 valence electrons. The van der Waals surface area contributed by atoms with Crippen LogP contribution in [0.4, 0.5) is 16.3 Å². The molecule has 2 amide bonds. The van der Waals surface area contributed by atoms with Crippen LogP contribution in [0.25, 0.3) is 11.4 Å². The molecule has 0 radical (unpaired) electrons. The van der Waals surface area contributed by atoms with Crippen molar-refractivity contribution in [1.82, 2.24) is 15.3 Å². The number of nitrogens with one attached hydrogen (secondary N) is 2. The molecule has 2 bridgehead atoms. The van der Waals surface area contributed by atoms with Gasteiger partial charge in [0, 0.05) is 17.8 Å². The molecule has 3 aliphatic heterocycles.